The van der Waals surface area contributed by atoms with Crippen molar-refractivity contribution in [1.29, 1.82) is 0 Å². The van der Waals surface area contributed by atoms with Gasteiger partial charge in [-0.15, -0.1) is 0 Å². The van der Waals surface area contributed by atoms with E-state index in [1.165, 1.54) is 0 Å². The van der Waals surface area contributed by atoms with Gasteiger partial charge in [0.1, 0.15) is 0 Å². The molecule has 0 spiro atoms. The Morgan fingerprint density at radius 1 is 0.906 bits per heavy atom. The molecule has 0 saturated carbocycles. The molecular formula is C25H20N4O3. The minimum atomic E-state index is -0.397. The molecular weight excluding hydrogens is 404 g/mol. The molecule has 1 atom stereocenters. The van der Waals surface area contributed by atoms with Gasteiger partial charge in [0.25, 0.3) is 5.89 Å². The molecule has 1 fully saturated rings. The Kier molecular flexibility index (Phi) is 5.21. The van der Waals surface area contributed by atoms with Crippen LogP contribution in [0, 0.1) is 5.92 Å². The number of anilines is 2. The first kappa shape index (κ1) is 19.7. The number of hydrogen-bond acceptors (Lipinski definition) is 5. The van der Waals surface area contributed by atoms with Crippen molar-refractivity contribution in [3.8, 4) is 22.8 Å². The van der Waals surface area contributed by atoms with Gasteiger partial charge < -0.3 is 14.7 Å². The Hall–Kier alpha value is -4.26. The van der Waals surface area contributed by atoms with Crippen molar-refractivity contribution in [2.45, 2.75) is 6.42 Å². The molecule has 2 amide bonds. The minimum Gasteiger partial charge on any atom is -0.334 e. The van der Waals surface area contributed by atoms with Crippen LogP contribution in [0.3, 0.4) is 0 Å². The molecule has 1 N–H and O–H groups in total. The second kappa shape index (κ2) is 8.47. The van der Waals surface area contributed by atoms with E-state index in [0.717, 1.165) is 16.8 Å². The smallest absolute Gasteiger partial charge is 0.258 e. The molecule has 1 aliphatic rings. The van der Waals surface area contributed by atoms with Gasteiger partial charge in [-0.05, 0) is 36.4 Å². The molecule has 7 nitrogen and oxygen atoms in total. The lowest BCUT2D eigenvalue weighted by Crippen LogP contribution is -2.28. The monoisotopic (exact) mass is 424 g/mol. The van der Waals surface area contributed by atoms with Crippen LogP contribution in [0.25, 0.3) is 22.8 Å². The highest BCUT2D eigenvalue weighted by Crippen LogP contribution is 2.27. The topological polar surface area (TPSA) is 88.3 Å². The number of carbonyl (C=O) groups is 2. The molecule has 7 heteroatoms. The van der Waals surface area contributed by atoms with Crippen molar-refractivity contribution in [2.24, 2.45) is 5.92 Å². The summed E-state index contributed by atoms with van der Waals surface area (Å²) in [5.74, 6) is 0.311. The number of nitrogens with zero attached hydrogens (tertiary/aromatic N) is 3. The van der Waals surface area contributed by atoms with E-state index in [0.29, 0.717) is 23.9 Å². The Bertz CT molecular complexity index is 1240. The average molecular weight is 424 g/mol. The van der Waals surface area contributed by atoms with E-state index in [-0.39, 0.29) is 18.2 Å². The number of benzene rings is 3. The van der Waals surface area contributed by atoms with Crippen LogP contribution in [-0.4, -0.2) is 28.5 Å². The maximum Gasteiger partial charge on any atom is 0.258 e. The number of rotatable bonds is 5. The lowest BCUT2D eigenvalue weighted by molar-refractivity contribution is -0.122. The highest BCUT2D eigenvalue weighted by molar-refractivity contribution is 6.03. The SMILES string of the molecule is O=C(Nc1ccc(-c2nc(-c3ccccc3)no2)cc1)[C@@H]1CC(=O)N(c2ccccc2)C1. The molecule has 158 valence electrons. The van der Waals surface area contributed by atoms with E-state index in [1.54, 1.807) is 17.0 Å². The first-order chi connectivity index (χ1) is 15.7. The van der Waals surface area contributed by atoms with E-state index in [2.05, 4.69) is 15.5 Å². The molecule has 3 aromatic carbocycles. The average Bonchev–Trinajstić information content (AvgIpc) is 3.48. The molecule has 0 radical (unpaired) electrons. The van der Waals surface area contributed by atoms with Crippen LogP contribution < -0.4 is 10.2 Å². The molecule has 32 heavy (non-hydrogen) atoms. The number of nitrogens with one attached hydrogen (secondary N) is 1. The second-order valence-corrected chi connectivity index (χ2v) is 7.60. The van der Waals surface area contributed by atoms with Gasteiger partial charge in [0, 0.05) is 35.5 Å². The second-order valence-electron chi connectivity index (χ2n) is 7.60. The Labute approximate surface area is 184 Å². The summed E-state index contributed by atoms with van der Waals surface area (Å²) in [5.41, 5.74) is 3.09. The molecule has 0 unspecified atom stereocenters. The van der Waals surface area contributed by atoms with E-state index in [1.807, 2.05) is 72.8 Å². The third-order valence-electron chi connectivity index (χ3n) is 5.42. The van der Waals surface area contributed by atoms with E-state index < -0.39 is 5.92 Å². The van der Waals surface area contributed by atoms with Gasteiger partial charge in [0.15, 0.2) is 0 Å². The van der Waals surface area contributed by atoms with Crippen molar-refractivity contribution in [2.75, 3.05) is 16.8 Å². The molecule has 1 saturated heterocycles. The number of carbonyl (C=O) groups excluding carboxylic acids is 2. The Morgan fingerprint density at radius 2 is 1.59 bits per heavy atom. The number of aromatic nitrogens is 2. The highest BCUT2D eigenvalue weighted by atomic mass is 16.5. The lowest BCUT2D eigenvalue weighted by atomic mass is 10.1. The Balaban J connectivity index is 1.24. The minimum absolute atomic E-state index is 0.0442. The van der Waals surface area contributed by atoms with Crippen LogP contribution in [0.15, 0.2) is 89.5 Å². The van der Waals surface area contributed by atoms with Crippen molar-refractivity contribution in [3.05, 3.63) is 84.9 Å². The van der Waals surface area contributed by atoms with E-state index in [9.17, 15) is 9.59 Å². The summed E-state index contributed by atoms with van der Waals surface area (Å²) < 4.78 is 5.38. The van der Waals surface area contributed by atoms with Crippen LogP contribution in [0.4, 0.5) is 11.4 Å². The third-order valence-corrected chi connectivity index (χ3v) is 5.42. The zero-order valence-corrected chi connectivity index (χ0v) is 17.1. The summed E-state index contributed by atoms with van der Waals surface area (Å²) in [6.07, 6.45) is 0.197. The van der Waals surface area contributed by atoms with E-state index >= 15 is 0 Å². The van der Waals surface area contributed by atoms with Gasteiger partial charge >= 0.3 is 0 Å². The van der Waals surface area contributed by atoms with Crippen LogP contribution in [0.2, 0.25) is 0 Å². The largest absolute Gasteiger partial charge is 0.334 e. The lowest BCUT2D eigenvalue weighted by Gasteiger charge is -2.16. The van der Waals surface area contributed by atoms with Crippen molar-refractivity contribution >= 4 is 23.2 Å². The van der Waals surface area contributed by atoms with Crippen molar-refractivity contribution < 1.29 is 14.1 Å². The van der Waals surface area contributed by atoms with Crippen LogP contribution in [-0.2, 0) is 9.59 Å². The van der Waals surface area contributed by atoms with Gasteiger partial charge in [0.2, 0.25) is 17.6 Å². The fraction of sp³-hybridized carbons (Fsp3) is 0.120. The molecule has 2 heterocycles. The fourth-order valence-corrected chi connectivity index (χ4v) is 3.73. The van der Waals surface area contributed by atoms with Crippen LogP contribution in [0.5, 0.6) is 0 Å². The van der Waals surface area contributed by atoms with Gasteiger partial charge in [-0.1, -0.05) is 53.7 Å². The Morgan fingerprint density at radius 3 is 2.31 bits per heavy atom. The van der Waals surface area contributed by atoms with Gasteiger partial charge in [-0.25, -0.2) is 0 Å². The van der Waals surface area contributed by atoms with E-state index in [4.69, 9.17) is 4.52 Å². The van der Waals surface area contributed by atoms with Crippen molar-refractivity contribution in [1.82, 2.24) is 10.1 Å². The molecule has 1 aromatic heterocycles. The predicted molar refractivity (Wildman–Crippen MR) is 121 cm³/mol. The predicted octanol–water partition coefficient (Wildman–Crippen LogP) is 4.40. The van der Waals surface area contributed by atoms with Crippen LogP contribution in [0.1, 0.15) is 6.42 Å². The fourth-order valence-electron chi connectivity index (χ4n) is 3.73. The molecule has 1 aliphatic heterocycles. The molecule has 4 aromatic rings. The first-order valence-corrected chi connectivity index (χ1v) is 10.3. The molecule has 5 rings (SSSR count). The zero-order valence-electron chi connectivity index (χ0n) is 17.1. The molecule has 0 aliphatic carbocycles. The maximum atomic E-state index is 12.7. The summed E-state index contributed by atoms with van der Waals surface area (Å²) >= 11 is 0. The maximum absolute atomic E-state index is 12.7. The van der Waals surface area contributed by atoms with Gasteiger partial charge in [0.05, 0.1) is 5.92 Å². The number of amides is 2. The summed E-state index contributed by atoms with van der Waals surface area (Å²) in [6, 6.07) is 26.2. The third kappa shape index (κ3) is 4.00. The standard InChI is InChI=1S/C25H20N4O3/c30-22-15-19(16-29(22)21-9-5-2-6-10-21)24(31)26-20-13-11-18(12-14-20)25-27-23(28-32-25)17-7-3-1-4-8-17/h1-14,19H,15-16H2,(H,26,31)/t19-/m1/s1. The summed E-state index contributed by atoms with van der Waals surface area (Å²) in [6.45, 7) is 0.372. The van der Waals surface area contributed by atoms with Gasteiger partial charge in [-0.3, -0.25) is 9.59 Å². The summed E-state index contributed by atoms with van der Waals surface area (Å²) in [4.78, 5) is 31.2. The summed E-state index contributed by atoms with van der Waals surface area (Å²) in [7, 11) is 0. The number of hydrogen-bond donors (Lipinski definition) is 1. The zero-order chi connectivity index (χ0) is 21.9. The molecule has 0 bridgehead atoms. The van der Waals surface area contributed by atoms with Gasteiger partial charge in [-0.2, -0.15) is 4.98 Å². The van der Waals surface area contributed by atoms with Crippen LogP contribution >= 0.6 is 0 Å². The summed E-state index contributed by atoms with van der Waals surface area (Å²) in [5, 5.41) is 6.93. The quantitative estimate of drug-likeness (QED) is 0.513. The highest BCUT2D eigenvalue weighted by Gasteiger charge is 2.35. The van der Waals surface area contributed by atoms with Crippen molar-refractivity contribution in [3.63, 3.8) is 0 Å². The normalized spacial score (nSPS) is 15.7. The first-order valence-electron chi connectivity index (χ1n) is 10.3. The number of para-hydroxylation sites is 1.